The second-order valence-electron chi connectivity index (χ2n) is 5.75. The number of carbonyl (C=O) groups is 1. The number of aromatic amines is 1. The van der Waals surface area contributed by atoms with Gasteiger partial charge in [-0.25, -0.2) is 0 Å². The SMILES string of the molecule is Cc1ccc(N)cc1NC(=O)c1cc2c([nH]c1=O)CCCC2. The molecule has 5 nitrogen and oxygen atoms in total. The summed E-state index contributed by atoms with van der Waals surface area (Å²) in [4.78, 5) is 27.4. The zero-order valence-corrected chi connectivity index (χ0v) is 12.5. The van der Waals surface area contributed by atoms with Gasteiger partial charge in [0.05, 0.1) is 0 Å². The highest BCUT2D eigenvalue weighted by Gasteiger charge is 2.17. The maximum Gasteiger partial charge on any atom is 0.261 e. The molecule has 1 aliphatic rings. The third-order valence-corrected chi connectivity index (χ3v) is 4.09. The highest BCUT2D eigenvalue weighted by molar-refractivity contribution is 6.04. The van der Waals surface area contributed by atoms with E-state index in [1.54, 1.807) is 18.2 Å². The summed E-state index contributed by atoms with van der Waals surface area (Å²) in [6.07, 6.45) is 3.95. The third-order valence-electron chi connectivity index (χ3n) is 4.09. The van der Waals surface area contributed by atoms with E-state index in [-0.39, 0.29) is 11.1 Å². The van der Waals surface area contributed by atoms with Gasteiger partial charge in [-0.05, 0) is 61.9 Å². The lowest BCUT2D eigenvalue weighted by atomic mass is 9.95. The lowest BCUT2D eigenvalue weighted by Crippen LogP contribution is -2.26. The Hall–Kier alpha value is -2.56. The Kier molecular flexibility index (Phi) is 3.71. The van der Waals surface area contributed by atoms with Crippen molar-refractivity contribution < 1.29 is 4.79 Å². The fourth-order valence-corrected chi connectivity index (χ4v) is 2.81. The van der Waals surface area contributed by atoms with Crippen LogP contribution in [0.5, 0.6) is 0 Å². The number of carbonyl (C=O) groups excluding carboxylic acids is 1. The zero-order valence-electron chi connectivity index (χ0n) is 12.5. The Morgan fingerprint density at radius 1 is 1.23 bits per heavy atom. The van der Waals surface area contributed by atoms with Gasteiger partial charge in [0.15, 0.2) is 0 Å². The molecular weight excluding hydrogens is 278 g/mol. The van der Waals surface area contributed by atoms with Gasteiger partial charge in [0.25, 0.3) is 11.5 Å². The van der Waals surface area contributed by atoms with E-state index in [0.717, 1.165) is 42.5 Å². The first kappa shape index (κ1) is 14.4. The van der Waals surface area contributed by atoms with E-state index in [2.05, 4.69) is 10.3 Å². The van der Waals surface area contributed by atoms with Crippen LogP contribution in [0.25, 0.3) is 0 Å². The molecule has 0 aliphatic heterocycles. The Balaban J connectivity index is 1.92. The number of pyridine rings is 1. The van der Waals surface area contributed by atoms with E-state index in [9.17, 15) is 9.59 Å². The number of rotatable bonds is 2. The van der Waals surface area contributed by atoms with Gasteiger partial charge in [-0.15, -0.1) is 0 Å². The molecule has 0 bridgehead atoms. The zero-order chi connectivity index (χ0) is 15.7. The molecular formula is C17H19N3O2. The van der Waals surface area contributed by atoms with E-state index in [1.165, 1.54) is 0 Å². The van der Waals surface area contributed by atoms with Gasteiger partial charge < -0.3 is 16.0 Å². The lowest BCUT2D eigenvalue weighted by Gasteiger charge is -2.16. The van der Waals surface area contributed by atoms with Gasteiger partial charge in [0.1, 0.15) is 5.56 Å². The summed E-state index contributed by atoms with van der Waals surface area (Å²) in [6.45, 7) is 1.88. The number of hydrogen-bond donors (Lipinski definition) is 3. The van der Waals surface area contributed by atoms with E-state index < -0.39 is 5.91 Å². The largest absolute Gasteiger partial charge is 0.399 e. The predicted octanol–water partition coefficient (Wildman–Crippen LogP) is 2.40. The number of nitrogens with two attached hydrogens (primary N) is 1. The van der Waals surface area contributed by atoms with E-state index in [0.29, 0.717) is 11.4 Å². The molecule has 114 valence electrons. The molecule has 1 heterocycles. The van der Waals surface area contributed by atoms with Crippen LogP contribution in [0.1, 0.15) is 40.0 Å². The first-order chi connectivity index (χ1) is 10.5. The highest BCUT2D eigenvalue weighted by atomic mass is 16.2. The number of H-pyrrole nitrogens is 1. The average Bonchev–Trinajstić information content (AvgIpc) is 2.50. The molecule has 1 aliphatic carbocycles. The molecule has 22 heavy (non-hydrogen) atoms. The van der Waals surface area contributed by atoms with Crippen LogP contribution >= 0.6 is 0 Å². The number of nitrogen functional groups attached to an aromatic ring is 1. The quantitative estimate of drug-likeness (QED) is 0.744. The first-order valence-corrected chi connectivity index (χ1v) is 7.47. The van der Waals surface area contributed by atoms with Crippen LogP contribution < -0.4 is 16.6 Å². The number of amides is 1. The van der Waals surface area contributed by atoms with Crippen LogP contribution in [0.3, 0.4) is 0 Å². The molecule has 2 aromatic rings. The highest BCUT2D eigenvalue weighted by Crippen LogP contribution is 2.21. The number of benzene rings is 1. The molecule has 0 saturated heterocycles. The van der Waals surface area contributed by atoms with Gasteiger partial charge >= 0.3 is 0 Å². The molecule has 0 saturated carbocycles. The molecule has 0 spiro atoms. The molecule has 5 heteroatoms. The van der Waals surface area contributed by atoms with Crippen molar-refractivity contribution in [2.45, 2.75) is 32.6 Å². The first-order valence-electron chi connectivity index (χ1n) is 7.47. The van der Waals surface area contributed by atoms with Crippen molar-refractivity contribution in [3.05, 3.63) is 57.0 Å². The van der Waals surface area contributed by atoms with E-state index in [4.69, 9.17) is 5.73 Å². The number of aryl methyl sites for hydroxylation is 3. The monoisotopic (exact) mass is 297 g/mol. The Bertz CT molecular complexity index is 793. The van der Waals surface area contributed by atoms with Crippen molar-refractivity contribution in [2.24, 2.45) is 0 Å². The number of nitrogens with one attached hydrogen (secondary N) is 2. The van der Waals surface area contributed by atoms with Gasteiger partial charge in [0, 0.05) is 17.1 Å². The Labute approximate surface area is 128 Å². The molecule has 1 amide bonds. The molecule has 1 aromatic heterocycles. The second-order valence-corrected chi connectivity index (χ2v) is 5.75. The van der Waals surface area contributed by atoms with Crippen molar-refractivity contribution >= 4 is 17.3 Å². The molecule has 4 N–H and O–H groups in total. The van der Waals surface area contributed by atoms with Crippen LogP contribution in [0.2, 0.25) is 0 Å². The van der Waals surface area contributed by atoms with Gasteiger partial charge in [0.2, 0.25) is 0 Å². The summed E-state index contributed by atoms with van der Waals surface area (Å²) < 4.78 is 0. The smallest absolute Gasteiger partial charge is 0.261 e. The summed E-state index contributed by atoms with van der Waals surface area (Å²) in [7, 11) is 0. The molecule has 0 atom stereocenters. The maximum atomic E-state index is 12.4. The summed E-state index contributed by atoms with van der Waals surface area (Å²) in [5.74, 6) is -0.400. The van der Waals surface area contributed by atoms with Crippen molar-refractivity contribution in [3.63, 3.8) is 0 Å². The van der Waals surface area contributed by atoms with E-state index in [1.807, 2.05) is 13.0 Å². The number of aromatic nitrogens is 1. The van der Waals surface area contributed by atoms with Crippen LogP contribution in [0.4, 0.5) is 11.4 Å². The minimum Gasteiger partial charge on any atom is -0.399 e. The Morgan fingerprint density at radius 3 is 2.82 bits per heavy atom. The third kappa shape index (κ3) is 2.74. The number of fused-ring (bicyclic) bond motifs is 1. The summed E-state index contributed by atoms with van der Waals surface area (Å²) in [5, 5.41) is 2.78. The minimum absolute atomic E-state index is 0.155. The van der Waals surface area contributed by atoms with Gasteiger partial charge in [-0.1, -0.05) is 6.07 Å². The average molecular weight is 297 g/mol. The van der Waals surface area contributed by atoms with Crippen molar-refractivity contribution in [1.29, 1.82) is 0 Å². The summed E-state index contributed by atoms with van der Waals surface area (Å²) in [6, 6.07) is 7.03. The lowest BCUT2D eigenvalue weighted by molar-refractivity contribution is 0.102. The predicted molar refractivity (Wildman–Crippen MR) is 87.2 cm³/mol. The van der Waals surface area contributed by atoms with Crippen LogP contribution in [-0.4, -0.2) is 10.9 Å². The van der Waals surface area contributed by atoms with Crippen molar-refractivity contribution in [1.82, 2.24) is 4.98 Å². The normalized spacial score (nSPS) is 13.5. The molecule has 0 radical (unpaired) electrons. The van der Waals surface area contributed by atoms with Crippen LogP contribution in [0.15, 0.2) is 29.1 Å². The van der Waals surface area contributed by atoms with Crippen molar-refractivity contribution in [3.8, 4) is 0 Å². The topological polar surface area (TPSA) is 88.0 Å². The van der Waals surface area contributed by atoms with Crippen molar-refractivity contribution in [2.75, 3.05) is 11.1 Å². The van der Waals surface area contributed by atoms with Crippen LogP contribution in [0, 0.1) is 6.92 Å². The number of anilines is 2. The van der Waals surface area contributed by atoms with Crippen LogP contribution in [-0.2, 0) is 12.8 Å². The van der Waals surface area contributed by atoms with Gasteiger partial charge in [-0.3, -0.25) is 9.59 Å². The fourth-order valence-electron chi connectivity index (χ4n) is 2.81. The number of hydrogen-bond acceptors (Lipinski definition) is 3. The molecule has 0 fully saturated rings. The minimum atomic E-state index is -0.400. The van der Waals surface area contributed by atoms with Gasteiger partial charge in [-0.2, -0.15) is 0 Å². The summed E-state index contributed by atoms with van der Waals surface area (Å²) in [5.41, 5.74) is 9.70. The fraction of sp³-hybridized carbons (Fsp3) is 0.294. The molecule has 3 rings (SSSR count). The molecule has 0 unspecified atom stereocenters. The second kappa shape index (κ2) is 5.67. The molecule has 1 aromatic carbocycles. The standard InChI is InChI=1S/C17H19N3O2/c1-10-6-7-12(18)9-15(10)20-17(22)13-8-11-4-2-3-5-14(11)19-16(13)21/h6-9H,2-5,18H2,1H3,(H,19,21)(H,20,22). The maximum absolute atomic E-state index is 12.4. The summed E-state index contributed by atoms with van der Waals surface area (Å²) >= 11 is 0. The van der Waals surface area contributed by atoms with E-state index >= 15 is 0 Å². The Morgan fingerprint density at radius 2 is 2.00 bits per heavy atom.